The van der Waals surface area contributed by atoms with E-state index in [0.717, 1.165) is 50.3 Å². The van der Waals surface area contributed by atoms with Gasteiger partial charge in [0.1, 0.15) is 5.69 Å². The second-order valence-electron chi connectivity index (χ2n) is 17.0. The standard InChI is InChI=1S/C57H38N4/c1-57(2)46-21-8-13-26-51(46)60-49-24-11-7-18-42(49)45-34-39-32-31-38(33-44(39)52(57)55(45)60)40-19-14-20-43-41-17-6-12-25-50(41)61(54(40)43)56-53(58-47-22-9-10-23-48(47)59-56)37-29-27-36(28-30-37)35-15-4-3-5-16-35/h3-34H,1-2H3. The second-order valence-corrected chi connectivity index (χ2v) is 17.0. The fourth-order valence-corrected chi connectivity index (χ4v) is 10.5. The summed E-state index contributed by atoms with van der Waals surface area (Å²) in [5, 5.41) is 7.47. The van der Waals surface area contributed by atoms with Crippen LogP contribution in [0.5, 0.6) is 0 Å². The number of fused-ring (bicyclic) bond motifs is 11. The topological polar surface area (TPSA) is 35.6 Å². The number of nitrogens with zero attached hydrogens (tertiary/aromatic N) is 4. The van der Waals surface area contributed by atoms with E-state index in [1.807, 2.05) is 12.1 Å². The summed E-state index contributed by atoms with van der Waals surface area (Å²) in [6, 6.07) is 70.3. The Morgan fingerprint density at radius 2 is 1.02 bits per heavy atom. The maximum Gasteiger partial charge on any atom is 0.165 e. The number of hydrogen-bond acceptors (Lipinski definition) is 2. The van der Waals surface area contributed by atoms with Crippen molar-refractivity contribution in [3.05, 3.63) is 205 Å². The Labute approximate surface area is 352 Å². The lowest BCUT2D eigenvalue weighted by Crippen LogP contribution is -2.26. The van der Waals surface area contributed by atoms with Gasteiger partial charge in [-0.15, -0.1) is 0 Å². The van der Waals surface area contributed by atoms with E-state index in [4.69, 9.17) is 9.97 Å². The van der Waals surface area contributed by atoms with Crippen LogP contribution < -0.4 is 0 Å². The number of aromatic nitrogens is 4. The van der Waals surface area contributed by atoms with Gasteiger partial charge in [0.15, 0.2) is 5.82 Å². The van der Waals surface area contributed by atoms with E-state index in [-0.39, 0.29) is 5.41 Å². The van der Waals surface area contributed by atoms with E-state index in [1.54, 1.807) is 0 Å². The van der Waals surface area contributed by atoms with Crippen molar-refractivity contribution >= 4 is 65.4 Å². The summed E-state index contributed by atoms with van der Waals surface area (Å²) in [4.78, 5) is 10.9. The maximum absolute atomic E-state index is 5.50. The number of hydrogen-bond donors (Lipinski definition) is 0. The van der Waals surface area contributed by atoms with Crippen LogP contribution in [0.4, 0.5) is 0 Å². The summed E-state index contributed by atoms with van der Waals surface area (Å²) in [6.45, 7) is 4.80. The molecule has 0 saturated heterocycles. The van der Waals surface area contributed by atoms with Crippen molar-refractivity contribution in [3.63, 3.8) is 0 Å². The quantitative estimate of drug-likeness (QED) is 0.178. The number of para-hydroxylation sites is 6. The summed E-state index contributed by atoms with van der Waals surface area (Å²) in [7, 11) is 0. The predicted molar refractivity (Wildman–Crippen MR) is 254 cm³/mol. The molecule has 0 amide bonds. The van der Waals surface area contributed by atoms with Crippen molar-refractivity contribution < 1.29 is 0 Å². The molecule has 9 aromatic carbocycles. The minimum atomic E-state index is -0.246. The van der Waals surface area contributed by atoms with Crippen LogP contribution in [-0.2, 0) is 5.41 Å². The van der Waals surface area contributed by atoms with Gasteiger partial charge < -0.3 is 4.57 Å². The monoisotopic (exact) mass is 778 g/mol. The fourth-order valence-electron chi connectivity index (χ4n) is 10.5. The smallest absolute Gasteiger partial charge is 0.165 e. The Kier molecular flexibility index (Phi) is 7.04. The van der Waals surface area contributed by atoms with Gasteiger partial charge in [-0.25, -0.2) is 9.97 Å². The summed E-state index contributed by atoms with van der Waals surface area (Å²) < 4.78 is 4.88. The van der Waals surface area contributed by atoms with Gasteiger partial charge in [0, 0.05) is 38.1 Å². The van der Waals surface area contributed by atoms with E-state index in [2.05, 4.69) is 205 Å². The third-order valence-corrected chi connectivity index (χ3v) is 13.3. The predicted octanol–water partition coefficient (Wildman–Crippen LogP) is 14.6. The maximum atomic E-state index is 5.50. The SMILES string of the molecule is CC1(C)c2ccccc2-n2c3ccccc3c3cc4ccc(-c5cccc6c7ccccc7n(-c7nc8ccccc8nc7-c7ccc(-c8ccccc8)cc7)c56)cc4c1c32. The van der Waals surface area contributed by atoms with E-state index in [0.29, 0.717) is 0 Å². The third kappa shape index (κ3) is 4.82. The second kappa shape index (κ2) is 12.6. The molecule has 0 atom stereocenters. The van der Waals surface area contributed by atoms with E-state index in [9.17, 15) is 0 Å². The molecule has 0 radical (unpaired) electrons. The highest BCUT2D eigenvalue weighted by atomic mass is 15.1. The van der Waals surface area contributed by atoms with Crippen LogP contribution in [0.3, 0.4) is 0 Å². The molecule has 0 fully saturated rings. The van der Waals surface area contributed by atoms with E-state index in [1.165, 1.54) is 71.3 Å². The molecule has 12 aromatic rings. The highest BCUT2D eigenvalue weighted by Crippen LogP contribution is 2.51. The van der Waals surface area contributed by atoms with Gasteiger partial charge in [-0.2, -0.15) is 0 Å². The van der Waals surface area contributed by atoms with Crippen LogP contribution in [0.2, 0.25) is 0 Å². The van der Waals surface area contributed by atoms with Gasteiger partial charge in [-0.3, -0.25) is 4.57 Å². The van der Waals surface area contributed by atoms with Crippen LogP contribution >= 0.6 is 0 Å². The molecule has 4 heterocycles. The first-order chi connectivity index (χ1) is 30.0. The summed E-state index contributed by atoms with van der Waals surface area (Å²) in [5.41, 5.74) is 16.7. The molecule has 0 bridgehead atoms. The number of rotatable bonds is 4. The molecule has 1 aliphatic rings. The zero-order chi connectivity index (χ0) is 40.4. The van der Waals surface area contributed by atoms with Crippen molar-refractivity contribution in [2.75, 3.05) is 0 Å². The Balaban J connectivity index is 1.10. The molecular weight excluding hydrogens is 741 g/mol. The first kappa shape index (κ1) is 34.1. The van der Waals surface area contributed by atoms with Gasteiger partial charge in [0.25, 0.3) is 0 Å². The molecule has 4 nitrogen and oxygen atoms in total. The summed E-state index contributed by atoms with van der Waals surface area (Å²) >= 11 is 0. The van der Waals surface area contributed by atoms with E-state index >= 15 is 0 Å². The molecule has 0 N–H and O–H groups in total. The molecule has 0 aliphatic carbocycles. The lowest BCUT2D eigenvalue weighted by molar-refractivity contribution is 0.636. The molecule has 4 heteroatoms. The van der Waals surface area contributed by atoms with Gasteiger partial charge in [-0.05, 0) is 81.1 Å². The molecule has 0 unspecified atom stereocenters. The molecule has 0 spiro atoms. The zero-order valence-electron chi connectivity index (χ0n) is 33.8. The van der Waals surface area contributed by atoms with Crippen LogP contribution in [0.15, 0.2) is 194 Å². The third-order valence-electron chi connectivity index (χ3n) is 13.3. The first-order valence-corrected chi connectivity index (χ1v) is 21.1. The van der Waals surface area contributed by atoms with Crippen LogP contribution in [0, 0.1) is 0 Å². The molecule has 286 valence electrons. The van der Waals surface area contributed by atoms with Crippen LogP contribution in [-0.4, -0.2) is 19.1 Å². The van der Waals surface area contributed by atoms with Gasteiger partial charge in [0.05, 0.1) is 38.8 Å². The van der Waals surface area contributed by atoms with Crippen LogP contribution in [0.25, 0.3) is 110 Å². The Hall–Kier alpha value is -7.82. The molecule has 61 heavy (non-hydrogen) atoms. The molecular formula is C57H38N4. The Bertz CT molecular complexity index is 3780. The van der Waals surface area contributed by atoms with Crippen molar-refractivity contribution in [2.45, 2.75) is 19.3 Å². The highest BCUT2D eigenvalue weighted by Gasteiger charge is 2.37. The number of benzene rings is 9. The zero-order valence-corrected chi connectivity index (χ0v) is 33.8. The molecule has 0 saturated carbocycles. The largest absolute Gasteiger partial charge is 0.309 e. The minimum Gasteiger partial charge on any atom is -0.309 e. The lowest BCUT2D eigenvalue weighted by atomic mass is 9.72. The van der Waals surface area contributed by atoms with Crippen molar-refractivity contribution in [3.8, 4) is 45.0 Å². The van der Waals surface area contributed by atoms with Gasteiger partial charge in [-0.1, -0.05) is 166 Å². The lowest BCUT2D eigenvalue weighted by Gasteiger charge is -2.35. The normalized spacial score (nSPS) is 13.2. The van der Waals surface area contributed by atoms with Crippen molar-refractivity contribution in [1.29, 1.82) is 0 Å². The summed E-state index contributed by atoms with van der Waals surface area (Å²) in [5.74, 6) is 0.810. The first-order valence-electron chi connectivity index (χ1n) is 21.1. The Morgan fingerprint density at radius 1 is 0.410 bits per heavy atom. The average Bonchev–Trinajstić information content (AvgIpc) is 3.83. The average molecular weight is 779 g/mol. The molecule has 3 aromatic heterocycles. The van der Waals surface area contributed by atoms with Gasteiger partial charge in [0.2, 0.25) is 0 Å². The summed E-state index contributed by atoms with van der Waals surface area (Å²) in [6.07, 6.45) is 0. The minimum absolute atomic E-state index is 0.246. The Morgan fingerprint density at radius 3 is 1.82 bits per heavy atom. The molecule has 13 rings (SSSR count). The van der Waals surface area contributed by atoms with Crippen molar-refractivity contribution in [1.82, 2.24) is 19.1 Å². The fraction of sp³-hybridized carbons (Fsp3) is 0.0526. The molecule has 1 aliphatic heterocycles. The van der Waals surface area contributed by atoms with Gasteiger partial charge >= 0.3 is 0 Å². The van der Waals surface area contributed by atoms with Crippen molar-refractivity contribution in [2.24, 2.45) is 0 Å². The van der Waals surface area contributed by atoms with E-state index < -0.39 is 0 Å². The van der Waals surface area contributed by atoms with Crippen LogP contribution in [0.1, 0.15) is 25.0 Å². The highest BCUT2D eigenvalue weighted by molar-refractivity contribution is 6.18.